The van der Waals surface area contributed by atoms with Crippen molar-refractivity contribution < 1.29 is 0 Å². The molecule has 1 N–H and O–H groups in total. The maximum Gasteiger partial charge on any atom is 0.106 e. The third-order valence-electron chi connectivity index (χ3n) is 2.58. The Bertz CT molecular complexity index is 240. The van der Waals surface area contributed by atoms with E-state index in [-0.39, 0.29) is 0 Å². The molecule has 0 fully saturated rings. The number of hydrogen-bond donors (Lipinski definition) is 1. The third kappa shape index (κ3) is 3.95. The van der Waals surface area contributed by atoms with Crippen molar-refractivity contribution in [2.45, 2.75) is 58.8 Å². The highest BCUT2D eigenvalue weighted by molar-refractivity contribution is 5.00. The molecule has 0 radical (unpaired) electrons. The zero-order chi connectivity index (χ0) is 10.2. The molecule has 0 aliphatic rings. The number of imidazole rings is 1. The van der Waals surface area contributed by atoms with Crippen LogP contribution < -0.4 is 0 Å². The van der Waals surface area contributed by atoms with Gasteiger partial charge >= 0.3 is 0 Å². The maximum absolute atomic E-state index is 4.35. The zero-order valence-electron chi connectivity index (χ0n) is 9.47. The second-order valence-corrected chi connectivity index (χ2v) is 3.87. The SMILES string of the molecule is CCCCCCCc1ncc(CC)[nH]1. The molecule has 0 unspecified atom stereocenters. The molecule has 0 aromatic carbocycles. The van der Waals surface area contributed by atoms with Gasteiger partial charge in [-0.25, -0.2) is 4.98 Å². The van der Waals surface area contributed by atoms with E-state index in [4.69, 9.17) is 0 Å². The predicted octanol–water partition coefficient (Wildman–Crippen LogP) is 3.49. The van der Waals surface area contributed by atoms with E-state index in [0.717, 1.165) is 12.8 Å². The molecular weight excluding hydrogens is 172 g/mol. The van der Waals surface area contributed by atoms with Crippen molar-refractivity contribution in [3.8, 4) is 0 Å². The van der Waals surface area contributed by atoms with Gasteiger partial charge in [0, 0.05) is 18.3 Å². The van der Waals surface area contributed by atoms with Crippen LogP contribution in [0, 0.1) is 0 Å². The van der Waals surface area contributed by atoms with Crippen LogP contribution in [0.15, 0.2) is 6.20 Å². The van der Waals surface area contributed by atoms with Crippen molar-refractivity contribution in [2.75, 3.05) is 0 Å². The van der Waals surface area contributed by atoms with Crippen LogP contribution in [0.1, 0.15) is 57.5 Å². The van der Waals surface area contributed by atoms with Gasteiger partial charge < -0.3 is 4.98 Å². The Morgan fingerprint density at radius 1 is 1.14 bits per heavy atom. The first-order chi connectivity index (χ1) is 6.86. The normalized spacial score (nSPS) is 10.7. The van der Waals surface area contributed by atoms with E-state index in [9.17, 15) is 0 Å². The van der Waals surface area contributed by atoms with Crippen LogP contribution in [0.2, 0.25) is 0 Å². The largest absolute Gasteiger partial charge is 0.346 e. The smallest absolute Gasteiger partial charge is 0.106 e. The zero-order valence-corrected chi connectivity index (χ0v) is 9.47. The average molecular weight is 194 g/mol. The monoisotopic (exact) mass is 194 g/mol. The summed E-state index contributed by atoms with van der Waals surface area (Å²) >= 11 is 0. The number of aryl methyl sites for hydroxylation is 2. The van der Waals surface area contributed by atoms with Gasteiger partial charge in [-0.3, -0.25) is 0 Å². The van der Waals surface area contributed by atoms with E-state index in [1.165, 1.54) is 43.6 Å². The first kappa shape index (κ1) is 11.3. The van der Waals surface area contributed by atoms with E-state index in [1.54, 1.807) is 0 Å². The molecule has 0 saturated heterocycles. The number of rotatable bonds is 7. The van der Waals surface area contributed by atoms with Gasteiger partial charge in [0.25, 0.3) is 0 Å². The predicted molar refractivity (Wildman–Crippen MR) is 60.4 cm³/mol. The molecule has 0 spiro atoms. The van der Waals surface area contributed by atoms with Crippen LogP contribution in [0.3, 0.4) is 0 Å². The number of H-pyrrole nitrogens is 1. The maximum atomic E-state index is 4.35. The standard InChI is InChI=1S/C12H22N2/c1-3-5-6-7-8-9-12-13-10-11(4-2)14-12/h10H,3-9H2,1-2H3,(H,13,14). The van der Waals surface area contributed by atoms with Crippen LogP contribution in [0.5, 0.6) is 0 Å². The lowest BCUT2D eigenvalue weighted by Crippen LogP contribution is -1.89. The van der Waals surface area contributed by atoms with E-state index in [2.05, 4.69) is 23.8 Å². The lowest BCUT2D eigenvalue weighted by molar-refractivity contribution is 0.624. The average Bonchev–Trinajstić information content (AvgIpc) is 2.65. The van der Waals surface area contributed by atoms with Gasteiger partial charge in [-0.05, 0) is 12.8 Å². The fraction of sp³-hybridized carbons (Fsp3) is 0.750. The molecule has 1 heterocycles. The van der Waals surface area contributed by atoms with Gasteiger partial charge in [0.15, 0.2) is 0 Å². The minimum Gasteiger partial charge on any atom is -0.346 e. The Morgan fingerprint density at radius 3 is 2.57 bits per heavy atom. The van der Waals surface area contributed by atoms with Crippen LogP contribution in [0.25, 0.3) is 0 Å². The van der Waals surface area contributed by atoms with Crippen molar-refractivity contribution in [2.24, 2.45) is 0 Å². The molecule has 1 aromatic rings. The second kappa shape index (κ2) is 6.63. The summed E-state index contributed by atoms with van der Waals surface area (Å²) in [4.78, 5) is 7.69. The molecule has 80 valence electrons. The van der Waals surface area contributed by atoms with E-state index >= 15 is 0 Å². The first-order valence-corrected chi connectivity index (χ1v) is 5.89. The van der Waals surface area contributed by atoms with Gasteiger partial charge in [-0.1, -0.05) is 39.5 Å². The Morgan fingerprint density at radius 2 is 1.93 bits per heavy atom. The molecule has 1 aromatic heterocycles. The summed E-state index contributed by atoms with van der Waals surface area (Å²) in [5.74, 6) is 1.17. The third-order valence-corrected chi connectivity index (χ3v) is 2.58. The quantitative estimate of drug-likeness (QED) is 0.661. The van der Waals surface area contributed by atoms with Gasteiger partial charge in [0.2, 0.25) is 0 Å². The topological polar surface area (TPSA) is 28.7 Å². The minimum absolute atomic E-state index is 1.06. The fourth-order valence-electron chi connectivity index (χ4n) is 1.61. The van der Waals surface area contributed by atoms with Gasteiger partial charge in [-0.2, -0.15) is 0 Å². The number of hydrogen-bond acceptors (Lipinski definition) is 1. The van der Waals surface area contributed by atoms with E-state index in [0.29, 0.717) is 0 Å². The van der Waals surface area contributed by atoms with Gasteiger partial charge in [-0.15, -0.1) is 0 Å². The Kier molecular flexibility index (Phi) is 5.35. The molecule has 2 heteroatoms. The molecule has 0 bridgehead atoms. The summed E-state index contributed by atoms with van der Waals surface area (Å²) in [6, 6.07) is 0. The highest BCUT2D eigenvalue weighted by Gasteiger charge is 1.98. The van der Waals surface area contributed by atoms with Gasteiger partial charge in [0.05, 0.1) is 0 Å². The summed E-state index contributed by atoms with van der Waals surface area (Å²) < 4.78 is 0. The second-order valence-electron chi connectivity index (χ2n) is 3.87. The van der Waals surface area contributed by atoms with Crippen molar-refractivity contribution in [1.82, 2.24) is 9.97 Å². The molecule has 0 amide bonds. The van der Waals surface area contributed by atoms with Crippen LogP contribution >= 0.6 is 0 Å². The number of unbranched alkanes of at least 4 members (excludes halogenated alkanes) is 4. The first-order valence-electron chi connectivity index (χ1n) is 5.89. The summed E-state index contributed by atoms with van der Waals surface area (Å²) in [5.41, 5.74) is 1.26. The molecule has 0 saturated carbocycles. The van der Waals surface area contributed by atoms with Crippen LogP contribution in [-0.2, 0) is 12.8 Å². The Hall–Kier alpha value is -0.790. The number of nitrogens with one attached hydrogen (secondary N) is 1. The summed E-state index contributed by atoms with van der Waals surface area (Å²) in [5, 5.41) is 0. The summed E-state index contributed by atoms with van der Waals surface area (Å²) in [6.07, 6.45) is 10.8. The highest BCUT2D eigenvalue weighted by atomic mass is 14.9. The minimum atomic E-state index is 1.06. The fourth-order valence-corrected chi connectivity index (χ4v) is 1.61. The highest BCUT2D eigenvalue weighted by Crippen LogP contribution is 2.07. The van der Waals surface area contributed by atoms with Crippen molar-refractivity contribution in [3.05, 3.63) is 17.7 Å². The Labute approximate surface area is 87.1 Å². The molecule has 0 aliphatic carbocycles. The number of aromatic amines is 1. The molecule has 1 rings (SSSR count). The molecule has 0 atom stereocenters. The van der Waals surface area contributed by atoms with Crippen molar-refractivity contribution in [1.29, 1.82) is 0 Å². The van der Waals surface area contributed by atoms with E-state index < -0.39 is 0 Å². The number of nitrogens with zero attached hydrogens (tertiary/aromatic N) is 1. The lowest BCUT2D eigenvalue weighted by Gasteiger charge is -1.97. The van der Waals surface area contributed by atoms with Gasteiger partial charge in [0.1, 0.15) is 5.82 Å². The lowest BCUT2D eigenvalue weighted by atomic mass is 10.1. The van der Waals surface area contributed by atoms with Crippen LogP contribution in [0.4, 0.5) is 0 Å². The Balaban J connectivity index is 2.12. The molecular formula is C12H22N2. The molecule has 14 heavy (non-hydrogen) atoms. The van der Waals surface area contributed by atoms with Crippen molar-refractivity contribution >= 4 is 0 Å². The summed E-state index contributed by atoms with van der Waals surface area (Å²) in [6.45, 7) is 4.40. The molecule has 2 nitrogen and oxygen atoms in total. The van der Waals surface area contributed by atoms with E-state index in [1.807, 2.05) is 6.20 Å². The molecule has 0 aliphatic heterocycles. The van der Waals surface area contributed by atoms with Crippen molar-refractivity contribution in [3.63, 3.8) is 0 Å². The number of aromatic nitrogens is 2. The summed E-state index contributed by atoms with van der Waals surface area (Å²) in [7, 11) is 0. The van der Waals surface area contributed by atoms with Crippen LogP contribution in [-0.4, -0.2) is 9.97 Å².